The molecule has 17 heavy (non-hydrogen) atoms. The van der Waals surface area contributed by atoms with Crippen molar-refractivity contribution in [2.75, 3.05) is 13.1 Å². The normalized spacial score (nSPS) is 25.7. The summed E-state index contributed by atoms with van der Waals surface area (Å²) in [6.45, 7) is 4.30. The number of aromatic nitrogens is 2. The van der Waals surface area contributed by atoms with Gasteiger partial charge in [0.05, 0.1) is 11.0 Å². The van der Waals surface area contributed by atoms with Crippen LogP contribution in [0.25, 0.3) is 11.0 Å². The number of nitrogens with one attached hydrogen (secondary N) is 2. The molecule has 90 valence electrons. The van der Waals surface area contributed by atoms with Crippen LogP contribution in [0.4, 0.5) is 0 Å². The summed E-state index contributed by atoms with van der Waals surface area (Å²) < 4.78 is 0. The summed E-state index contributed by atoms with van der Waals surface area (Å²) in [6, 6.07) is 4.62. The van der Waals surface area contributed by atoms with Gasteiger partial charge in [-0.05, 0) is 48.4 Å². The van der Waals surface area contributed by atoms with Crippen molar-refractivity contribution in [3.63, 3.8) is 0 Å². The second-order valence-electron chi connectivity index (χ2n) is 5.11. The fourth-order valence-electron chi connectivity index (χ4n) is 3.34. The van der Waals surface area contributed by atoms with Gasteiger partial charge in [0, 0.05) is 13.1 Å². The van der Waals surface area contributed by atoms with Gasteiger partial charge in [-0.3, -0.25) is 0 Å². The van der Waals surface area contributed by atoms with Gasteiger partial charge < -0.3 is 10.3 Å². The summed E-state index contributed by atoms with van der Waals surface area (Å²) in [4.78, 5) is 7.87. The van der Waals surface area contributed by atoms with Crippen LogP contribution < -0.4 is 5.32 Å². The van der Waals surface area contributed by atoms with Crippen molar-refractivity contribution in [2.24, 2.45) is 0 Å². The quantitative estimate of drug-likeness (QED) is 0.753. The zero-order valence-electron chi connectivity index (χ0n) is 9.79. The van der Waals surface area contributed by atoms with E-state index in [1.165, 1.54) is 17.5 Å². The molecule has 0 saturated carbocycles. The summed E-state index contributed by atoms with van der Waals surface area (Å²) in [5.41, 5.74) is 5.41. The third-order valence-corrected chi connectivity index (χ3v) is 4.04. The minimum absolute atomic E-state index is 0. The van der Waals surface area contributed by atoms with Crippen molar-refractivity contribution in [3.05, 3.63) is 29.1 Å². The van der Waals surface area contributed by atoms with Crippen LogP contribution in [0.15, 0.2) is 12.1 Å². The molecule has 3 nitrogen and oxygen atoms in total. The SMILES string of the molecule is Cc1nc2cc3c(cc2[nH]1)C1CNCC3C1.Cl. The van der Waals surface area contributed by atoms with Gasteiger partial charge in [0.25, 0.3) is 0 Å². The van der Waals surface area contributed by atoms with Crippen LogP contribution in [-0.4, -0.2) is 23.1 Å². The van der Waals surface area contributed by atoms with E-state index in [2.05, 4.69) is 27.4 Å². The van der Waals surface area contributed by atoms with Crippen LogP contribution in [0, 0.1) is 6.92 Å². The standard InChI is InChI=1S/C13H15N3.ClH/c1-7-15-12-3-10-8-2-9(6-14-5-8)11(10)4-13(12)16-7;/h3-4,8-9,14H,2,5-6H2,1H3,(H,15,16);1H. The predicted octanol–water partition coefficient (Wildman–Crippen LogP) is 2.47. The lowest BCUT2D eigenvalue weighted by Gasteiger charge is -2.19. The zero-order valence-corrected chi connectivity index (χ0v) is 10.6. The van der Waals surface area contributed by atoms with Crippen molar-refractivity contribution >= 4 is 23.4 Å². The molecule has 1 aromatic carbocycles. The number of nitrogens with zero attached hydrogens (tertiary/aromatic N) is 1. The molecule has 2 heterocycles. The Kier molecular flexibility index (Phi) is 2.42. The molecule has 1 fully saturated rings. The molecule has 1 aromatic heterocycles. The average Bonchev–Trinajstić information content (AvgIpc) is 2.76. The maximum Gasteiger partial charge on any atom is 0.104 e. The maximum atomic E-state index is 4.53. The molecular weight excluding hydrogens is 234 g/mol. The number of halogens is 1. The summed E-state index contributed by atoms with van der Waals surface area (Å²) in [5.74, 6) is 2.46. The molecule has 4 heteroatoms. The molecule has 0 amide bonds. The fourth-order valence-corrected chi connectivity index (χ4v) is 3.34. The Balaban J connectivity index is 0.000000902. The number of H-pyrrole nitrogens is 1. The van der Waals surface area contributed by atoms with Gasteiger partial charge in [0.1, 0.15) is 5.82 Å². The zero-order chi connectivity index (χ0) is 10.7. The van der Waals surface area contributed by atoms with Crippen molar-refractivity contribution in [1.29, 1.82) is 0 Å². The lowest BCUT2D eigenvalue weighted by atomic mass is 9.98. The summed E-state index contributed by atoms with van der Waals surface area (Å²) in [6.07, 6.45) is 1.33. The minimum Gasteiger partial charge on any atom is -0.342 e. The Labute approximate surface area is 106 Å². The molecule has 2 atom stereocenters. The Morgan fingerprint density at radius 2 is 1.88 bits per heavy atom. The Hall–Kier alpha value is -1.06. The molecule has 2 aliphatic rings. The molecule has 2 bridgehead atoms. The molecule has 2 aromatic rings. The van der Waals surface area contributed by atoms with Gasteiger partial charge in [-0.15, -0.1) is 12.4 Å². The summed E-state index contributed by atoms with van der Waals surface area (Å²) in [5, 5.41) is 3.52. The van der Waals surface area contributed by atoms with Crippen LogP contribution >= 0.6 is 12.4 Å². The number of aryl methyl sites for hydroxylation is 1. The smallest absolute Gasteiger partial charge is 0.104 e. The number of hydrogen-bond donors (Lipinski definition) is 2. The van der Waals surface area contributed by atoms with Gasteiger partial charge in [-0.2, -0.15) is 0 Å². The first-order chi connectivity index (χ1) is 7.81. The number of imidazole rings is 1. The minimum atomic E-state index is 0. The van der Waals surface area contributed by atoms with Crippen LogP contribution in [0.5, 0.6) is 0 Å². The van der Waals surface area contributed by atoms with E-state index in [0.717, 1.165) is 36.3 Å². The first kappa shape index (κ1) is 11.1. The predicted molar refractivity (Wildman–Crippen MR) is 71.0 cm³/mol. The number of rotatable bonds is 0. The molecule has 2 N–H and O–H groups in total. The lowest BCUT2D eigenvalue weighted by Crippen LogP contribution is -2.28. The van der Waals surface area contributed by atoms with E-state index in [1.54, 1.807) is 5.56 Å². The third kappa shape index (κ3) is 1.49. The van der Waals surface area contributed by atoms with Crippen molar-refractivity contribution in [3.8, 4) is 0 Å². The molecule has 1 aliphatic heterocycles. The van der Waals surface area contributed by atoms with Gasteiger partial charge >= 0.3 is 0 Å². The van der Waals surface area contributed by atoms with Gasteiger partial charge in [-0.1, -0.05) is 0 Å². The molecule has 0 spiro atoms. The van der Waals surface area contributed by atoms with Crippen molar-refractivity contribution < 1.29 is 0 Å². The topological polar surface area (TPSA) is 40.7 Å². The van der Waals surface area contributed by atoms with Crippen molar-refractivity contribution in [1.82, 2.24) is 15.3 Å². The van der Waals surface area contributed by atoms with Crippen LogP contribution in [0.3, 0.4) is 0 Å². The fraction of sp³-hybridized carbons (Fsp3) is 0.462. The Morgan fingerprint density at radius 1 is 1.18 bits per heavy atom. The second-order valence-corrected chi connectivity index (χ2v) is 5.11. The van der Waals surface area contributed by atoms with E-state index in [9.17, 15) is 0 Å². The molecular formula is C13H16ClN3. The Bertz CT molecular complexity index is 528. The van der Waals surface area contributed by atoms with Crippen LogP contribution in [0.2, 0.25) is 0 Å². The highest BCUT2D eigenvalue weighted by molar-refractivity contribution is 5.85. The number of fused-ring (bicyclic) bond motifs is 6. The first-order valence-corrected chi connectivity index (χ1v) is 6.02. The molecule has 1 saturated heterocycles. The van der Waals surface area contributed by atoms with Gasteiger partial charge in [-0.25, -0.2) is 4.98 Å². The summed E-state index contributed by atoms with van der Waals surface area (Å²) in [7, 11) is 0. The van der Waals surface area contributed by atoms with Crippen LogP contribution in [0.1, 0.15) is 35.2 Å². The summed E-state index contributed by atoms with van der Waals surface area (Å²) >= 11 is 0. The monoisotopic (exact) mass is 249 g/mol. The molecule has 4 rings (SSSR count). The highest BCUT2D eigenvalue weighted by Gasteiger charge is 2.34. The van der Waals surface area contributed by atoms with E-state index in [-0.39, 0.29) is 12.4 Å². The van der Waals surface area contributed by atoms with Crippen molar-refractivity contribution in [2.45, 2.75) is 25.2 Å². The van der Waals surface area contributed by atoms with E-state index in [1.807, 2.05) is 6.92 Å². The van der Waals surface area contributed by atoms with E-state index in [4.69, 9.17) is 0 Å². The molecule has 2 unspecified atom stereocenters. The number of aromatic amines is 1. The molecule has 0 radical (unpaired) electrons. The highest BCUT2D eigenvalue weighted by atomic mass is 35.5. The largest absolute Gasteiger partial charge is 0.342 e. The van der Waals surface area contributed by atoms with E-state index < -0.39 is 0 Å². The number of benzene rings is 1. The average molecular weight is 250 g/mol. The van der Waals surface area contributed by atoms with Gasteiger partial charge in [0.2, 0.25) is 0 Å². The van der Waals surface area contributed by atoms with E-state index in [0.29, 0.717) is 0 Å². The second kappa shape index (κ2) is 3.72. The number of hydrogen-bond acceptors (Lipinski definition) is 2. The molecule has 1 aliphatic carbocycles. The van der Waals surface area contributed by atoms with Crippen LogP contribution in [-0.2, 0) is 0 Å². The number of piperidine rings is 1. The third-order valence-electron chi connectivity index (χ3n) is 4.04. The maximum absolute atomic E-state index is 4.53. The first-order valence-electron chi connectivity index (χ1n) is 6.02. The van der Waals surface area contributed by atoms with E-state index >= 15 is 0 Å². The lowest BCUT2D eigenvalue weighted by molar-refractivity contribution is 0.454. The highest BCUT2D eigenvalue weighted by Crippen LogP contribution is 2.44. The van der Waals surface area contributed by atoms with Gasteiger partial charge in [0.15, 0.2) is 0 Å². The Morgan fingerprint density at radius 3 is 2.65 bits per heavy atom.